The molecule has 1 saturated carbocycles. The zero-order chi connectivity index (χ0) is 23.8. The lowest BCUT2D eigenvalue weighted by atomic mass is 9.97. The maximum absolute atomic E-state index is 13.4. The summed E-state index contributed by atoms with van der Waals surface area (Å²) >= 11 is 0. The molecule has 174 valence electrons. The van der Waals surface area contributed by atoms with Crippen molar-refractivity contribution in [3.05, 3.63) is 41.5 Å². The predicted octanol–water partition coefficient (Wildman–Crippen LogP) is 3.63. The van der Waals surface area contributed by atoms with E-state index in [2.05, 4.69) is 15.3 Å². The standard InChI is InChI=1S/C23H25F3N6O/c1-22(28)7-9-32(13-22)20-16(21(33)31-15-4-2-3-5-15)12-30-17(11-27)19(20)14-6-8-29-18(10-14)23(24,25)26/h6,8,10,12,15H,2-5,7,9,13,28H2,1H3,(H,31,33)/t22-/m0/s1. The number of hydrogen-bond donors (Lipinski definition) is 2. The average molecular weight is 458 g/mol. The first-order chi connectivity index (χ1) is 15.6. The van der Waals surface area contributed by atoms with E-state index in [1.54, 1.807) is 0 Å². The third-order valence-electron chi connectivity index (χ3n) is 6.25. The Hall–Kier alpha value is -3.19. The molecule has 10 heteroatoms. The smallest absolute Gasteiger partial charge is 0.368 e. The normalized spacial score (nSPS) is 21.3. The van der Waals surface area contributed by atoms with E-state index in [0.717, 1.165) is 37.9 Å². The van der Waals surface area contributed by atoms with Gasteiger partial charge in [-0.25, -0.2) is 4.98 Å². The highest BCUT2D eigenvalue weighted by atomic mass is 19.4. The van der Waals surface area contributed by atoms with Gasteiger partial charge in [0.2, 0.25) is 0 Å². The summed E-state index contributed by atoms with van der Waals surface area (Å²) in [6.07, 6.45) is 2.17. The Morgan fingerprint density at radius 2 is 2.06 bits per heavy atom. The van der Waals surface area contributed by atoms with Crippen LogP contribution in [0.5, 0.6) is 0 Å². The van der Waals surface area contributed by atoms with E-state index >= 15 is 0 Å². The summed E-state index contributed by atoms with van der Waals surface area (Å²) in [7, 11) is 0. The molecular weight excluding hydrogens is 433 g/mol. The van der Waals surface area contributed by atoms with Crippen molar-refractivity contribution in [2.24, 2.45) is 5.73 Å². The fourth-order valence-electron chi connectivity index (χ4n) is 4.60. The van der Waals surface area contributed by atoms with Crippen LogP contribution in [-0.2, 0) is 6.18 Å². The molecule has 3 heterocycles. The number of rotatable bonds is 4. The van der Waals surface area contributed by atoms with Crippen LogP contribution >= 0.6 is 0 Å². The van der Waals surface area contributed by atoms with Crippen LogP contribution in [0.15, 0.2) is 24.5 Å². The molecule has 1 saturated heterocycles. The molecule has 1 aliphatic heterocycles. The van der Waals surface area contributed by atoms with Crippen molar-refractivity contribution >= 4 is 11.6 Å². The highest BCUT2D eigenvalue weighted by Crippen LogP contribution is 2.40. The van der Waals surface area contributed by atoms with E-state index in [9.17, 15) is 23.2 Å². The first kappa shape index (κ1) is 23.0. The van der Waals surface area contributed by atoms with Gasteiger partial charge in [0.25, 0.3) is 5.91 Å². The second kappa shape index (κ2) is 8.63. The number of nitrogens with zero attached hydrogens (tertiary/aromatic N) is 4. The summed E-state index contributed by atoms with van der Waals surface area (Å²) in [6.45, 7) is 2.76. The van der Waals surface area contributed by atoms with Gasteiger partial charge in [0.15, 0.2) is 0 Å². The monoisotopic (exact) mass is 458 g/mol. The van der Waals surface area contributed by atoms with Gasteiger partial charge in [0.1, 0.15) is 17.5 Å². The molecule has 0 radical (unpaired) electrons. The van der Waals surface area contributed by atoms with E-state index in [1.165, 1.54) is 12.3 Å². The summed E-state index contributed by atoms with van der Waals surface area (Å²) in [5.74, 6) is -0.356. The molecule has 33 heavy (non-hydrogen) atoms. The average Bonchev–Trinajstić information content (AvgIpc) is 3.41. The van der Waals surface area contributed by atoms with Crippen LogP contribution in [-0.4, -0.2) is 40.5 Å². The minimum absolute atomic E-state index is 0.0422. The van der Waals surface area contributed by atoms with Crippen molar-refractivity contribution in [3.63, 3.8) is 0 Å². The Labute approximate surface area is 189 Å². The lowest BCUT2D eigenvalue weighted by Gasteiger charge is -2.27. The molecule has 2 aromatic rings. The van der Waals surface area contributed by atoms with Gasteiger partial charge in [0.05, 0.1) is 11.3 Å². The first-order valence-electron chi connectivity index (χ1n) is 10.9. The number of anilines is 1. The van der Waals surface area contributed by atoms with Gasteiger partial charge in [-0.3, -0.25) is 9.78 Å². The minimum Gasteiger partial charge on any atom is -0.368 e. The van der Waals surface area contributed by atoms with Crippen molar-refractivity contribution in [2.45, 2.75) is 56.8 Å². The number of alkyl halides is 3. The van der Waals surface area contributed by atoms with E-state index in [4.69, 9.17) is 5.73 Å². The van der Waals surface area contributed by atoms with Crippen molar-refractivity contribution in [1.29, 1.82) is 5.26 Å². The predicted molar refractivity (Wildman–Crippen MR) is 116 cm³/mol. The van der Waals surface area contributed by atoms with Crippen molar-refractivity contribution in [2.75, 3.05) is 18.0 Å². The second-order valence-corrected chi connectivity index (χ2v) is 9.06. The molecule has 4 rings (SSSR count). The number of nitrogens with one attached hydrogen (secondary N) is 1. The molecule has 2 aromatic heterocycles. The van der Waals surface area contributed by atoms with Crippen LogP contribution < -0.4 is 16.0 Å². The number of pyridine rings is 2. The molecule has 2 aliphatic rings. The number of carbonyl (C=O) groups is 1. The third kappa shape index (κ3) is 4.78. The van der Waals surface area contributed by atoms with E-state index in [0.29, 0.717) is 25.2 Å². The summed E-state index contributed by atoms with van der Waals surface area (Å²) in [5, 5.41) is 12.8. The van der Waals surface area contributed by atoms with E-state index in [1.807, 2.05) is 17.9 Å². The topological polar surface area (TPSA) is 108 Å². The second-order valence-electron chi connectivity index (χ2n) is 9.06. The van der Waals surface area contributed by atoms with Crippen LogP contribution in [0, 0.1) is 11.3 Å². The van der Waals surface area contributed by atoms with Crippen LogP contribution in [0.1, 0.15) is 60.8 Å². The molecule has 1 amide bonds. The van der Waals surface area contributed by atoms with Gasteiger partial charge in [-0.15, -0.1) is 0 Å². The number of aromatic nitrogens is 2. The maximum atomic E-state index is 13.4. The van der Waals surface area contributed by atoms with Gasteiger partial charge in [-0.05, 0) is 43.9 Å². The number of nitrogens with two attached hydrogens (primary N) is 1. The number of nitriles is 1. The quantitative estimate of drug-likeness (QED) is 0.724. The molecule has 0 aromatic carbocycles. The number of hydrogen-bond acceptors (Lipinski definition) is 6. The number of amides is 1. The van der Waals surface area contributed by atoms with Crippen LogP contribution in [0.25, 0.3) is 11.1 Å². The van der Waals surface area contributed by atoms with Crippen LogP contribution in [0.3, 0.4) is 0 Å². The third-order valence-corrected chi connectivity index (χ3v) is 6.25. The molecule has 0 spiro atoms. The Kier molecular flexibility index (Phi) is 6.01. The Balaban J connectivity index is 1.89. The lowest BCUT2D eigenvalue weighted by Crippen LogP contribution is -2.40. The summed E-state index contributed by atoms with van der Waals surface area (Å²) in [6, 6.07) is 4.30. The van der Waals surface area contributed by atoms with Gasteiger partial charge in [-0.1, -0.05) is 12.8 Å². The molecule has 7 nitrogen and oxygen atoms in total. The fraction of sp³-hybridized carbons (Fsp3) is 0.478. The molecule has 0 bridgehead atoms. The minimum atomic E-state index is -4.66. The van der Waals surface area contributed by atoms with Crippen LogP contribution in [0.4, 0.5) is 18.9 Å². The molecular formula is C23H25F3N6O. The Morgan fingerprint density at radius 1 is 1.33 bits per heavy atom. The zero-order valence-electron chi connectivity index (χ0n) is 18.2. The zero-order valence-corrected chi connectivity index (χ0v) is 18.2. The molecule has 2 fully saturated rings. The molecule has 0 unspecified atom stereocenters. The van der Waals surface area contributed by atoms with E-state index in [-0.39, 0.29) is 34.3 Å². The highest BCUT2D eigenvalue weighted by Gasteiger charge is 2.36. The maximum Gasteiger partial charge on any atom is 0.433 e. The largest absolute Gasteiger partial charge is 0.433 e. The van der Waals surface area contributed by atoms with Crippen molar-refractivity contribution < 1.29 is 18.0 Å². The molecule has 3 N–H and O–H groups in total. The fourth-order valence-corrected chi connectivity index (χ4v) is 4.60. The van der Waals surface area contributed by atoms with E-state index < -0.39 is 17.4 Å². The summed E-state index contributed by atoms with van der Waals surface area (Å²) in [4.78, 5) is 22.7. The SMILES string of the molecule is C[C@]1(N)CCN(c2c(C(=O)NC3CCCC3)cnc(C#N)c2-c2ccnc(C(F)(F)F)c2)C1. The van der Waals surface area contributed by atoms with Gasteiger partial charge >= 0.3 is 6.18 Å². The van der Waals surface area contributed by atoms with Crippen LogP contribution in [0.2, 0.25) is 0 Å². The van der Waals surface area contributed by atoms with Crippen molar-refractivity contribution in [3.8, 4) is 17.2 Å². The highest BCUT2D eigenvalue weighted by molar-refractivity contribution is 6.04. The number of halogens is 3. The molecule has 1 atom stereocenters. The van der Waals surface area contributed by atoms with Crippen molar-refractivity contribution in [1.82, 2.24) is 15.3 Å². The van der Waals surface area contributed by atoms with Gasteiger partial charge in [-0.2, -0.15) is 18.4 Å². The summed E-state index contributed by atoms with van der Waals surface area (Å²) in [5.41, 5.74) is 5.54. The lowest BCUT2D eigenvalue weighted by molar-refractivity contribution is -0.141. The Bertz CT molecular complexity index is 1100. The first-order valence-corrected chi connectivity index (χ1v) is 10.9. The van der Waals surface area contributed by atoms with Gasteiger partial charge < -0.3 is 16.0 Å². The summed E-state index contributed by atoms with van der Waals surface area (Å²) < 4.78 is 40.1. The van der Waals surface area contributed by atoms with Gasteiger partial charge in [0, 0.05) is 42.6 Å². The number of carbonyl (C=O) groups excluding carboxylic acids is 1. The Morgan fingerprint density at radius 3 is 2.67 bits per heavy atom. The molecule has 1 aliphatic carbocycles.